The van der Waals surface area contributed by atoms with Gasteiger partial charge in [0, 0.05) is 6.20 Å². The van der Waals surface area contributed by atoms with Crippen molar-refractivity contribution in [3.63, 3.8) is 0 Å². The molecule has 0 fully saturated rings. The number of esters is 1. The summed E-state index contributed by atoms with van der Waals surface area (Å²) in [5, 5.41) is 0. The molecule has 2 aromatic rings. The Bertz CT molecular complexity index is 896. The third kappa shape index (κ3) is 4.18. The average Bonchev–Trinajstić information content (AvgIpc) is 2.53. The molecule has 0 saturated carbocycles. The van der Waals surface area contributed by atoms with Gasteiger partial charge in [0.15, 0.2) is 5.69 Å². The summed E-state index contributed by atoms with van der Waals surface area (Å²) in [6.07, 6.45) is -3.99. The number of nitrogens with zero attached hydrogens (tertiary/aromatic N) is 1. The number of methoxy groups -OCH3 is 1. The van der Waals surface area contributed by atoms with E-state index in [2.05, 4.69) is 14.5 Å². The third-order valence-electron chi connectivity index (χ3n) is 2.95. The fourth-order valence-corrected chi connectivity index (χ4v) is 3.07. The number of alkyl halides is 3. The number of halogens is 3. The van der Waals surface area contributed by atoms with Crippen molar-refractivity contribution in [1.29, 1.82) is 0 Å². The van der Waals surface area contributed by atoms with Crippen LogP contribution in [-0.2, 0) is 14.6 Å². The van der Waals surface area contributed by atoms with E-state index in [0.717, 1.165) is 43.6 Å². The summed E-state index contributed by atoms with van der Waals surface area (Å²) in [4.78, 5) is 14.4. The standard InChI is InChI=1S/C14H11F3N2O5S/c1-23-13(20)12-11(18)6-10(7-19-12)25(21,22)9-4-2-8(3-5-9)24-14(15,16)17/h2-7H,18H2,1H3. The summed E-state index contributed by atoms with van der Waals surface area (Å²) in [7, 11) is -2.99. The van der Waals surface area contributed by atoms with Crippen LogP contribution in [0, 0.1) is 0 Å². The van der Waals surface area contributed by atoms with Crippen molar-refractivity contribution < 1.29 is 35.9 Å². The molecular weight excluding hydrogens is 365 g/mol. The van der Waals surface area contributed by atoms with Gasteiger partial charge in [-0.05, 0) is 30.3 Å². The maximum atomic E-state index is 12.5. The SMILES string of the molecule is COC(=O)c1ncc(S(=O)(=O)c2ccc(OC(F)(F)F)cc2)cc1N. The number of ether oxygens (including phenoxy) is 2. The lowest BCUT2D eigenvalue weighted by Gasteiger charge is -2.10. The van der Waals surface area contributed by atoms with Crippen molar-refractivity contribution >= 4 is 21.5 Å². The predicted molar refractivity (Wildman–Crippen MR) is 78.6 cm³/mol. The van der Waals surface area contributed by atoms with Gasteiger partial charge in [-0.25, -0.2) is 18.2 Å². The minimum Gasteiger partial charge on any atom is -0.464 e. The van der Waals surface area contributed by atoms with Crippen molar-refractivity contribution in [2.75, 3.05) is 12.8 Å². The summed E-state index contributed by atoms with van der Waals surface area (Å²) in [5.74, 6) is -1.40. The summed E-state index contributed by atoms with van der Waals surface area (Å²) in [6.45, 7) is 0. The van der Waals surface area contributed by atoms with Crippen molar-refractivity contribution in [3.05, 3.63) is 42.2 Å². The van der Waals surface area contributed by atoms with Crippen LogP contribution < -0.4 is 10.5 Å². The Morgan fingerprint density at radius 2 is 1.76 bits per heavy atom. The van der Waals surface area contributed by atoms with Crippen molar-refractivity contribution in [3.8, 4) is 5.75 Å². The maximum Gasteiger partial charge on any atom is 0.573 e. The van der Waals surface area contributed by atoms with Gasteiger partial charge in [-0.1, -0.05) is 0 Å². The molecule has 0 radical (unpaired) electrons. The van der Waals surface area contributed by atoms with E-state index in [1.165, 1.54) is 0 Å². The van der Waals surface area contributed by atoms with Crippen LogP contribution in [-0.4, -0.2) is 32.8 Å². The molecule has 2 N–H and O–H groups in total. The van der Waals surface area contributed by atoms with E-state index in [9.17, 15) is 26.4 Å². The van der Waals surface area contributed by atoms with Crippen molar-refractivity contribution in [2.24, 2.45) is 0 Å². The molecule has 0 aliphatic rings. The first-order valence-electron chi connectivity index (χ1n) is 6.49. The number of rotatable bonds is 4. The number of pyridine rings is 1. The molecule has 0 aliphatic carbocycles. The zero-order chi connectivity index (χ0) is 18.8. The topological polar surface area (TPSA) is 109 Å². The molecule has 0 saturated heterocycles. The number of nitrogen functional groups attached to an aromatic ring is 1. The summed E-state index contributed by atoms with van der Waals surface area (Å²) in [6, 6.07) is 4.62. The fourth-order valence-electron chi connectivity index (χ4n) is 1.83. The summed E-state index contributed by atoms with van der Waals surface area (Å²) in [5.41, 5.74) is 5.12. The minimum atomic E-state index is -4.89. The van der Waals surface area contributed by atoms with Gasteiger partial charge in [-0.15, -0.1) is 13.2 Å². The molecule has 0 unspecified atom stereocenters. The van der Waals surface area contributed by atoms with Gasteiger partial charge in [0.2, 0.25) is 9.84 Å². The molecule has 134 valence electrons. The second-order valence-electron chi connectivity index (χ2n) is 4.62. The summed E-state index contributed by atoms with van der Waals surface area (Å²) < 4.78 is 69.4. The predicted octanol–water partition coefficient (Wildman–Crippen LogP) is 2.18. The van der Waals surface area contributed by atoms with E-state index in [1.54, 1.807) is 0 Å². The van der Waals surface area contributed by atoms with E-state index < -0.39 is 27.9 Å². The van der Waals surface area contributed by atoms with E-state index in [0.29, 0.717) is 0 Å². The van der Waals surface area contributed by atoms with Gasteiger partial charge in [0.05, 0.1) is 22.6 Å². The summed E-state index contributed by atoms with van der Waals surface area (Å²) >= 11 is 0. The Hall–Kier alpha value is -2.82. The van der Waals surface area contributed by atoms with E-state index in [1.807, 2.05) is 0 Å². The molecule has 0 aliphatic heterocycles. The van der Waals surface area contributed by atoms with Gasteiger partial charge in [-0.3, -0.25) is 0 Å². The lowest BCUT2D eigenvalue weighted by Crippen LogP contribution is -2.17. The molecule has 7 nitrogen and oxygen atoms in total. The highest BCUT2D eigenvalue weighted by Gasteiger charge is 2.31. The Morgan fingerprint density at radius 1 is 1.16 bits per heavy atom. The molecule has 0 bridgehead atoms. The second-order valence-corrected chi connectivity index (χ2v) is 6.57. The van der Waals surface area contributed by atoms with Crippen LogP contribution in [0.25, 0.3) is 0 Å². The number of nitrogens with two attached hydrogens (primary N) is 1. The molecule has 11 heteroatoms. The smallest absolute Gasteiger partial charge is 0.464 e. The Labute approximate surface area is 140 Å². The fraction of sp³-hybridized carbons (Fsp3) is 0.143. The first-order valence-corrected chi connectivity index (χ1v) is 7.97. The van der Waals surface area contributed by atoms with Crippen LogP contribution in [0.3, 0.4) is 0 Å². The molecule has 0 spiro atoms. The zero-order valence-corrected chi connectivity index (χ0v) is 13.4. The number of carbonyl (C=O) groups excluding carboxylic acids is 1. The van der Waals surface area contributed by atoms with Crippen LogP contribution in [0.2, 0.25) is 0 Å². The lowest BCUT2D eigenvalue weighted by atomic mass is 10.3. The monoisotopic (exact) mass is 376 g/mol. The number of anilines is 1. The van der Waals surface area contributed by atoms with Gasteiger partial charge >= 0.3 is 12.3 Å². The van der Waals surface area contributed by atoms with Crippen LogP contribution >= 0.6 is 0 Å². The van der Waals surface area contributed by atoms with Crippen LogP contribution in [0.4, 0.5) is 18.9 Å². The van der Waals surface area contributed by atoms with Crippen LogP contribution in [0.5, 0.6) is 5.75 Å². The third-order valence-corrected chi connectivity index (χ3v) is 4.69. The number of carbonyl (C=O) groups is 1. The number of hydrogen-bond donors (Lipinski definition) is 1. The number of sulfone groups is 1. The number of benzene rings is 1. The normalized spacial score (nSPS) is 11.8. The van der Waals surface area contributed by atoms with Gasteiger partial charge in [0.25, 0.3) is 0 Å². The molecule has 1 heterocycles. The highest BCUT2D eigenvalue weighted by molar-refractivity contribution is 7.91. The highest BCUT2D eigenvalue weighted by Crippen LogP contribution is 2.27. The molecule has 2 rings (SSSR count). The van der Waals surface area contributed by atoms with Crippen LogP contribution in [0.1, 0.15) is 10.5 Å². The Kier molecular flexibility index (Phi) is 4.88. The quantitative estimate of drug-likeness (QED) is 0.815. The van der Waals surface area contributed by atoms with Gasteiger partial charge < -0.3 is 15.2 Å². The van der Waals surface area contributed by atoms with Crippen LogP contribution in [0.15, 0.2) is 46.3 Å². The highest BCUT2D eigenvalue weighted by atomic mass is 32.2. The molecule has 0 atom stereocenters. The van der Waals surface area contributed by atoms with E-state index in [-0.39, 0.29) is 21.2 Å². The molecule has 25 heavy (non-hydrogen) atoms. The van der Waals surface area contributed by atoms with Gasteiger partial charge in [0.1, 0.15) is 5.75 Å². The van der Waals surface area contributed by atoms with Crippen molar-refractivity contribution in [2.45, 2.75) is 16.2 Å². The second kappa shape index (κ2) is 6.59. The lowest BCUT2D eigenvalue weighted by molar-refractivity contribution is -0.274. The largest absolute Gasteiger partial charge is 0.573 e. The zero-order valence-electron chi connectivity index (χ0n) is 12.6. The van der Waals surface area contributed by atoms with E-state index >= 15 is 0 Å². The molecule has 1 aromatic carbocycles. The molecular formula is C14H11F3N2O5S. The number of hydrogen-bond acceptors (Lipinski definition) is 7. The first-order chi connectivity index (χ1) is 11.5. The molecule has 1 aromatic heterocycles. The maximum absolute atomic E-state index is 12.5. The first kappa shape index (κ1) is 18.5. The minimum absolute atomic E-state index is 0.218. The number of aromatic nitrogens is 1. The average molecular weight is 376 g/mol. The Morgan fingerprint density at radius 3 is 2.24 bits per heavy atom. The molecule has 0 amide bonds. The van der Waals surface area contributed by atoms with Gasteiger partial charge in [-0.2, -0.15) is 0 Å². The van der Waals surface area contributed by atoms with E-state index in [4.69, 9.17) is 5.73 Å². The van der Waals surface area contributed by atoms with Crippen molar-refractivity contribution in [1.82, 2.24) is 4.98 Å². The Balaban J connectivity index is 2.35.